The highest BCUT2D eigenvalue weighted by atomic mass is 16.4. The van der Waals surface area contributed by atoms with Gasteiger partial charge in [0.05, 0.1) is 5.48 Å². The van der Waals surface area contributed by atoms with Gasteiger partial charge >= 0.3 is 0 Å². The van der Waals surface area contributed by atoms with Crippen molar-refractivity contribution in [1.82, 2.24) is 9.97 Å². The molecule has 0 saturated carbocycles. The normalized spacial score (nSPS) is 14.7. The van der Waals surface area contributed by atoms with Gasteiger partial charge in [-0.2, -0.15) is 0 Å². The third-order valence-electron chi connectivity index (χ3n) is 9.76. The molecule has 238 valence electrons. The number of para-hydroxylation sites is 4. The predicted octanol–water partition coefficient (Wildman–Crippen LogP) is 12.2. The molecule has 0 spiro atoms. The Kier molecular flexibility index (Phi) is 5.49. The van der Waals surface area contributed by atoms with Crippen LogP contribution >= 0.6 is 0 Å². The summed E-state index contributed by atoms with van der Waals surface area (Å²) >= 11 is 0. The van der Waals surface area contributed by atoms with E-state index in [9.17, 15) is 5.48 Å². The van der Waals surface area contributed by atoms with Crippen LogP contribution in [0.5, 0.6) is 0 Å². The van der Waals surface area contributed by atoms with E-state index in [-0.39, 0.29) is 46.1 Å². The van der Waals surface area contributed by atoms with E-state index in [0.29, 0.717) is 56.2 Å². The van der Waals surface area contributed by atoms with Gasteiger partial charge in [-0.15, -0.1) is 0 Å². The number of hydrogen-bond donors (Lipinski definition) is 0. The van der Waals surface area contributed by atoms with Crippen molar-refractivity contribution in [2.45, 2.75) is 45.4 Å². The standard InChI is InChI=1S/C45H36N2O2/c1-44(2,3)33-19-21-35-34-20-18-29(25-36(34)45(4,5)37(35)26-33)27-14-16-28(17-15-27)30-22-31(42-46-38-10-6-8-12-40(38)48-42)24-32(23-30)43-47-39-11-7-9-13-41(39)49-43/h6-26H,1-5H3/i14D,15D,16D,17D. The molecule has 0 N–H and O–H groups in total. The zero-order chi connectivity index (χ0) is 37.0. The van der Waals surface area contributed by atoms with Gasteiger partial charge in [0, 0.05) is 16.5 Å². The zero-order valence-corrected chi connectivity index (χ0v) is 28.0. The average molecular weight is 641 g/mol. The van der Waals surface area contributed by atoms with Gasteiger partial charge < -0.3 is 8.83 Å². The number of nitrogens with zero attached hydrogens (tertiary/aromatic N) is 2. The van der Waals surface area contributed by atoms with Gasteiger partial charge in [0.15, 0.2) is 11.2 Å². The van der Waals surface area contributed by atoms with Crippen molar-refractivity contribution >= 4 is 22.2 Å². The van der Waals surface area contributed by atoms with Crippen molar-refractivity contribution < 1.29 is 14.3 Å². The number of fused-ring (bicyclic) bond motifs is 5. The fraction of sp³-hybridized carbons (Fsp3) is 0.156. The minimum atomic E-state index is -0.313. The summed E-state index contributed by atoms with van der Waals surface area (Å²) in [6.07, 6.45) is 0. The van der Waals surface area contributed by atoms with Crippen LogP contribution in [0.15, 0.2) is 136 Å². The molecular weight excluding hydrogens is 601 g/mol. The Labute approximate surface area is 291 Å². The number of hydrogen-bond acceptors (Lipinski definition) is 4. The summed E-state index contributed by atoms with van der Waals surface area (Å²) in [4.78, 5) is 9.43. The fourth-order valence-corrected chi connectivity index (χ4v) is 6.97. The van der Waals surface area contributed by atoms with Crippen LogP contribution in [-0.4, -0.2) is 9.97 Å². The van der Waals surface area contributed by atoms with Crippen LogP contribution < -0.4 is 0 Å². The highest BCUT2D eigenvalue weighted by Gasteiger charge is 2.36. The molecule has 1 aliphatic carbocycles. The van der Waals surface area contributed by atoms with Crippen LogP contribution in [0.2, 0.25) is 0 Å². The first-order valence-corrected chi connectivity index (χ1v) is 16.6. The zero-order valence-electron chi connectivity index (χ0n) is 32.0. The summed E-state index contributed by atoms with van der Waals surface area (Å²) in [5.41, 5.74) is 11.0. The molecule has 8 aromatic rings. The highest BCUT2D eigenvalue weighted by molar-refractivity contribution is 5.86. The molecule has 0 aliphatic heterocycles. The molecule has 4 nitrogen and oxygen atoms in total. The molecule has 0 atom stereocenters. The van der Waals surface area contributed by atoms with Crippen LogP contribution in [0.1, 0.15) is 56.8 Å². The molecular formula is C45H36N2O2. The Hall–Kier alpha value is -5.74. The van der Waals surface area contributed by atoms with E-state index in [1.807, 2.05) is 60.7 Å². The van der Waals surface area contributed by atoms with Crippen LogP contribution in [0.25, 0.3) is 78.5 Å². The van der Waals surface area contributed by atoms with Crippen molar-refractivity contribution in [3.8, 4) is 56.3 Å². The van der Waals surface area contributed by atoms with E-state index in [4.69, 9.17) is 18.8 Å². The molecule has 2 aromatic heterocycles. The van der Waals surface area contributed by atoms with E-state index < -0.39 is 0 Å². The van der Waals surface area contributed by atoms with E-state index in [0.717, 1.165) is 11.1 Å². The molecule has 9 rings (SSSR count). The van der Waals surface area contributed by atoms with E-state index in [2.05, 4.69) is 65.0 Å². The topological polar surface area (TPSA) is 52.1 Å². The molecule has 0 saturated heterocycles. The Morgan fingerprint density at radius 3 is 1.57 bits per heavy atom. The third kappa shape index (κ3) is 4.90. The predicted molar refractivity (Wildman–Crippen MR) is 200 cm³/mol. The van der Waals surface area contributed by atoms with Gasteiger partial charge in [0.1, 0.15) is 11.0 Å². The Morgan fingerprint density at radius 2 is 1.02 bits per heavy atom. The van der Waals surface area contributed by atoms with Crippen molar-refractivity contribution in [3.05, 3.63) is 144 Å². The lowest BCUT2D eigenvalue weighted by molar-refractivity contribution is 0.584. The largest absolute Gasteiger partial charge is 0.436 e. The van der Waals surface area contributed by atoms with Crippen LogP contribution in [0.3, 0.4) is 0 Å². The quantitative estimate of drug-likeness (QED) is 0.192. The highest BCUT2D eigenvalue weighted by Crippen LogP contribution is 2.50. The summed E-state index contributed by atoms with van der Waals surface area (Å²) in [5, 5.41) is 0. The molecule has 0 fully saturated rings. The first kappa shape index (κ1) is 25.3. The summed E-state index contributed by atoms with van der Waals surface area (Å²) in [6.45, 7) is 11.1. The molecule has 0 bridgehead atoms. The molecule has 2 heterocycles. The molecule has 4 heteroatoms. The lowest BCUT2D eigenvalue weighted by atomic mass is 9.78. The first-order chi connectivity index (χ1) is 25.3. The second kappa shape index (κ2) is 10.6. The lowest BCUT2D eigenvalue weighted by Gasteiger charge is -2.25. The smallest absolute Gasteiger partial charge is 0.227 e. The first-order valence-electron chi connectivity index (χ1n) is 18.6. The van der Waals surface area contributed by atoms with Crippen molar-refractivity contribution in [1.29, 1.82) is 0 Å². The monoisotopic (exact) mass is 640 g/mol. The summed E-state index contributed by atoms with van der Waals surface area (Å²) in [6, 6.07) is 32.7. The Balaban J connectivity index is 1.20. The lowest BCUT2D eigenvalue weighted by Crippen LogP contribution is -2.17. The average Bonchev–Trinajstić information content (AvgIpc) is 3.84. The fourth-order valence-electron chi connectivity index (χ4n) is 6.97. The minimum absolute atomic E-state index is 0.00746. The van der Waals surface area contributed by atoms with Gasteiger partial charge in [-0.05, 0) is 104 Å². The summed E-state index contributed by atoms with van der Waals surface area (Å²) in [7, 11) is 0. The van der Waals surface area contributed by atoms with Crippen LogP contribution in [0.4, 0.5) is 0 Å². The molecule has 49 heavy (non-hydrogen) atoms. The van der Waals surface area contributed by atoms with Crippen molar-refractivity contribution in [2.75, 3.05) is 0 Å². The molecule has 1 aliphatic rings. The number of rotatable bonds is 4. The minimum Gasteiger partial charge on any atom is -0.436 e. The number of benzene rings is 6. The molecule has 6 aromatic carbocycles. The van der Waals surface area contributed by atoms with Crippen molar-refractivity contribution in [2.24, 2.45) is 0 Å². The van der Waals surface area contributed by atoms with Gasteiger partial charge in [-0.3, -0.25) is 0 Å². The number of aromatic nitrogens is 2. The Morgan fingerprint density at radius 1 is 0.531 bits per heavy atom. The summed E-state index contributed by atoms with van der Waals surface area (Å²) < 4.78 is 49.6. The van der Waals surface area contributed by atoms with E-state index >= 15 is 0 Å². The second-order valence-electron chi connectivity index (χ2n) is 14.4. The van der Waals surface area contributed by atoms with Gasteiger partial charge in [-0.25, -0.2) is 9.97 Å². The maximum absolute atomic E-state index is 9.34. The van der Waals surface area contributed by atoms with E-state index in [1.165, 1.54) is 16.7 Å². The van der Waals surface area contributed by atoms with Crippen molar-refractivity contribution in [3.63, 3.8) is 0 Å². The van der Waals surface area contributed by atoms with Crippen LogP contribution in [0, 0.1) is 0 Å². The van der Waals surface area contributed by atoms with Gasteiger partial charge in [0.2, 0.25) is 11.8 Å². The molecule has 0 radical (unpaired) electrons. The second-order valence-corrected chi connectivity index (χ2v) is 14.4. The molecule has 0 amide bonds. The van der Waals surface area contributed by atoms with Gasteiger partial charge in [-0.1, -0.05) is 113 Å². The number of oxazole rings is 2. The van der Waals surface area contributed by atoms with Crippen LogP contribution in [-0.2, 0) is 10.8 Å². The Bertz CT molecular complexity index is 2620. The SMILES string of the molecule is [2H]c1c([2H])c(-c2ccc3c(c2)C(C)(C)c2cc(C(C)(C)C)ccc2-3)c([2H])c([2H])c1-c1cc(-c2nc3ccccc3o2)cc(-c2nc3ccccc3o2)c1. The third-order valence-corrected chi connectivity index (χ3v) is 9.76. The molecule has 0 unspecified atom stereocenters. The van der Waals surface area contributed by atoms with E-state index in [1.54, 1.807) is 12.1 Å². The maximum atomic E-state index is 9.34. The van der Waals surface area contributed by atoms with Gasteiger partial charge in [0.25, 0.3) is 0 Å². The summed E-state index contributed by atoms with van der Waals surface area (Å²) in [5.74, 6) is 0.710. The maximum Gasteiger partial charge on any atom is 0.227 e.